The number of fused-ring (bicyclic) bond motifs is 1. The standard InChI is InChI=1S/C17H17N7O3S/c1-22-9-20-21-17(22)28-14-3-2-12(27-14)15-18-4-5-23(15)10-6-11-16(26)19-7-13(25)24(11)8-10/h2-5,9-11H,6-8H2,1H3,(H,19,26)/t10-,11-/m0/s1. The average molecular weight is 399 g/mol. The lowest BCUT2D eigenvalue weighted by Crippen LogP contribution is -2.55. The summed E-state index contributed by atoms with van der Waals surface area (Å²) < 4.78 is 9.75. The molecule has 0 radical (unpaired) electrons. The fourth-order valence-corrected chi connectivity index (χ4v) is 4.40. The fraction of sp³-hybridized carbons (Fsp3) is 0.353. The molecule has 2 amide bonds. The Bertz CT molecular complexity index is 1030. The Hall–Kier alpha value is -3.08. The predicted molar refractivity (Wildman–Crippen MR) is 97.2 cm³/mol. The number of piperazine rings is 1. The lowest BCUT2D eigenvalue weighted by Gasteiger charge is -2.28. The first-order valence-electron chi connectivity index (χ1n) is 8.82. The van der Waals surface area contributed by atoms with Crippen molar-refractivity contribution in [3.63, 3.8) is 0 Å². The van der Waals surface area contributed by atoms with Crippen LogP contribution in [0.1, 0.15) is 12.5 Å². The van der Waals surface area contributed by atoms with E-state index in [9.17, 15) is 9.59 Å². The molecule has 2 aliphatic heterocycles. The zero-order valence-corrected chi connectivity index (χ0v) is 15.8. The zero-order valence-electron chi connectivity index (χ0n) is 15.0. The Morgan fingerprint density at radius 2 is 2.21 bits per heavy atom. The normalized spacial score (nSPS) is 21.8. The minimum atomic E-state index is -0.417. The maximum Gasteiger partial charge on any atom is 0.243 e. The molecule has 11 heteroatoms. The van der Waals surface area contributed by atoms with E-state index in [1.165, 1.54) is 11.8 Å². The molecular weight excluding hydrogens is 382 g/mol. The van der Waals surface area contributed by atoms with Crippen LogP contribution < -0.4 is 5.32 Å². The molecule has 10 nitrogen and oxygen atoms in total. The lowest BCUT2D eigenvalue weighted by atomic mass is 10.1. The first kappa shape index (κ1) is 17.0. The first-order valence-corrected chi connectivity index (χ1v) is 9.64. The number of rotatable bonds is 4. The molecule has 5 rings (SSSR count). The van der Waals surface area contributed by atoms with Gasteiger partial charge in [-0.1, -0.05) is 0 Å². The quantitative estimate of drug-likeness (QED) is 0.687. The molecule has 2 fully saturated rings. The van der Waals surface area contributed by atoms with Crippen LogP contribution in [0.25, 0.3) is 11.6 Å². The van der Waals surface area contributed by atoms with Crippen molar-refractivity contribution in [1.29, 1.82) is 0 Å². The van der Waals surface area contributed by atoms with Gasteiger partial charge in [-0.2, -0.15) is 0 Å². The average Bonchev–Trinajstić information content (AvgIpc) is 3.45. The van der Waals surface area contributed by atoms with Crippen molar-refractivity contribution >= 4 is 23.6 Å². The number of hydrogen-bond acceptors (Lipinski definition) is 7. The Morgan fingerprint density at radius 3 is 3.00 bits per heavy atom. The van der Waals surface area contributed by atoms with Gasteiger partial charge in [0.15, 0.2) is 21.8 Å². The van der Waals surface area contributed by atoms with Crippen molar-refractivity contribution < 1.29 is 14.0 Å². The maximum atomic E-state index is 12.1. The van der Waals surface area contributed by atoms with E-state index in [0.29, 0.717) is 29.6 Å². The topological polar surface area (TPSA) is 111 Å². The second kappa shape index (κ2) is 6.51. The van der Waals surface area contributed by atoms with Crippen molar-refractivity contribution in [1.82, 2.24) is 34.5 Å². The number of imidazole rings is 1. The van der Waals surface area contributed by atoms with E-state index in [-0.39, 0.29) is 24.4 Å². The molecule has 3 aromatic heterocycles. The number of furan rings is 1. The van der Waals surface area contributed by atoms with Gasteiger partial charge in [-0.25, -0.2) is 4.98 Å². The van der Waals surface area contributed by atoms with Crippen LogP contribution in [0.3, 0.4) is 0 Å². The molecule has 3 aromatic rings. The van der Waals surface area contributed by atoms with Gasteiger partial charge in [0, 0.05) is 26.0 Å². The van der Waals surface area contributed by atoms with Gasteiger partial charge in [-0.05, 0) is 30.3 Å². The van der Waals surface area contributed by atoms with E-state index in [1.54, 1.807) is 17.4 Å². The van der Waals surface area contributed by atoms with Crippen LogP contribution in [0, 0.1) is 0 Å². The van der Waals surface area contributed by atoms with Gasteiger partial charge < -0.3 is 23.8 Å². The summed E-state index contributed by atoms with van der Waals surface area (Å²) in [6.45, 7) is 0.557. The van der Waals surface area contributed by atoms with Crippen LogP contribution in [0.5, 0.6) is 0 Å². The fourth-order valence-electron chi connectivity index (χ4n) is 3.67. The van der Waals surface area contributed by atoms with Crippen LogP contribution in [-0.4, -0.2) is 60.2 Å². The Labute approximate surface area is 163 Å². The summed E-state index contributed by atoms with van der Waals surface area (Å²) in [5, 5.41) is 12.0. The third kappa shape index (κ3) is 2.78. The summed E-state index contributed by atoms with van der Waals surface area (Å²) in [6.07, 6.45) is 5.75. The molecule has 144 valence electrons. The SMILES string of the molecule is Cn1cnnc1Sc1ccc(-c2nccn2[C@H]2C[C@H]3C(=O)NCC(=O)N3C2)o1. The van der Waals surface area contributed by atoms with Gasteiger partial charge in [0.1, 0.15) is 12.4 Å². The number of hydrogen-bond donors (Lipinski definition) is 1. The Balaban J connectivity index is 1.39. The number of carbonyl (C=O) groups excluding carboxylic acids is 2. The molecule has 0 aliphatic carbocycles. The Morgan fingerprint density at radius 1 is 1.32 bits per heavy atom. The Kier molecular flexibility index (Phi) is 3.97. The van der Waals surface area contributed by atoms with Gasteiger partial charge in [-0.3, -0.25) is 9.59 Å². The number of nitrogens with one attached hydrogen (secondary N) is 1. The highest BCUT2D eigenvalue weighted by atomic mass is 32.2. The summed E-state index contributed by atoms with van der Waals surface area (Å²) in [5.41, 5.74) is 0. The maximum absolute atomic E-state index is 12.1. The van der Waals surface area contributed by atoms with Crippen molar-refractivity contribution in [2.45, 2.75) is 28.8 Å². The van der Waals surface area contributed by atoms with Gasteiger partial charge in [0.2, 0.25) is 11.8 Å². The van der Waals surface area contributed by atoms with E-state index < -0.39 is 6.04 Å². The lowest BCUT2D eigenvalue weighted by molar-refractivity contribution is -0.143. The smallest absolute Gasteiger partial charge is 0.243 e. The number of aryl methyl sites for hydroxylation is 1. The minimum Gasteiger partial charge on any atom is -0.446 e. The molecule has 2 aliphatic rings. The first-order chi connectivity index (χ1) is 13.6. The number of aromatic nitrogens is 5. The molecule has 5 heterocycles. The third-order valence-electron chi connectivity index (χ3n) is 5.04. The molecule has 0 saturated carbocycles. The number of carbonyl (C=O) groups is 2. The van der Waals surface area contributed by atoms with Crippen molar-refractivity contribution in [2.75, 3.05) is 13.1 Å². The van der Waals surface area contributed by atoms with Gasteiger partial charge >= 0.3 is 0 Å². The zero-order chi connectivity index (χ0) is 19.3. The molecule has 2 saturated heterocycles. The monoisotopic (exact) mass is 399 g/mol. The van der Waals surface area contributed by atoms with Crippen LogP contribution >= 0.6 is 11.8 Å². The molecule has 2 atom stereocenters. The molecule has 1 N–H and O–H groups in total. The second-order valence-corrected chi connectivity index (χ2v) is 7.74. The molecule has 0 bridgehead atoms. The van der Waals surface area contributed by atoms with Crippen LogP contribution in [0.2, 0.25) is 0 Å². The van der Waals surface area contributed by atoms with E-state index in [4.69, 9.17) is 4.42 Å². The molecule has 0 unspecified atom stereocenters. The van der Waals surface area contributed by atoms with E-state index in [1.807, 2.05) is 34.5 Å². The van der Waals surface area contributed by atoms with Gasteiger partial charge in [-0.15, -0.1) is 10.2 Å². The minimum absolute atomic E-state index is 0.0322. The van der Waals surface area contributed by atoms with E-state index >= 15 is 0 Å². The second-order valence-electron chi connectivity index (χ2n) is 6.77. The summed E-state index contributed by atoms with van der Waals surface area (Å²) in [4.78, 5) is 30.3. The van der Waals surface area contributed by atoms with Gasteiger partial charge in [0.05, 0.1) is 12.6 Å². The molecule has 28 heavy (non-hydrogen) atoms. The molecular formula is C17H17N7O3S. The summed E-state index contributed by atoms with van der Waals surface area (Å²) in [5.74, 6) is 1.15. The highest BCUT2D eigenvalue weighted by molar-refractivity contribution is 7.99. The van der Waals surface area contributed by atoms with E-state index in [2.05, 4.69) is 20.5 Å². The molecule has 0 spiro atoms. The van der Waals surface area contributed by atoms with Crippen molar-refractivity contribution in [2.24, 2.45) is 7.05 Å². The molecule has 0 aromatic carbocycles. The van der Waals surface area contributed by atoms with Crippen molar-refractivity contribution in [3.8, 4) is 11.6 Å². The number of amides is 2. The summed E-state index contributed by atoms with van der Waals surface area (Å²) in [6, 6.07) is 3.27. The third-order valence-corrected chi connectivity index (χ3v) is 6.01. The predicted octanol–water partition coefficient (Wildman–Crippen LogP) is 0.695. The van der Waals surface area contributed by atoms with Gasteiger partial charge in [0.25, 0.3) is 0 Å². The largest absolute Gasteiger partial charge is 0.446 e. The van der Waals surface area contributed by atoms with Crippen LogP contribution in [0.15, 0.2) is 45.5 Å². The van der Waals surface area contributed by atoms with Crippen LogP contribution in [-0.2, 0) is 16.6 Å². The number of nitrogens with zero attached hydrogens (tertiary/aromatic N) is 6. The highest BCUT2D eigenvalue weighted by Crippen LogP contribution is 2.35. The van der Waals surface area contributed by atoms with E-state index in [0.717, 1.165) is 5.16 Å². The van der Waals surface area contributed by atoms with Crippen LogP contribution in [0.4, 0.5) is 0 Å². The summed E-state index contributed by atoms with van der Waals surface area (Å²) >= 11 is 1.37. The highest BCUT2D eigenvalue weighted by Gasteiger charge is 2.43. The summed E-state index contributed by atoms with van der Waals surface area (Å²) in [7, 11) is 1.87. The van der Waals surface area contributed by atoms with Crippen molar-refractivity contribution in [3.05, 3.63) is 30.9 Å².